The maximum absolute atomic E-state index is 13.2. The van der Waals surface area contributed by atoms with Gasteiger partial charge in [0.1, 0.15) is 12.4 Å². The summed E-state index contributed by atoms with van der Waals surface area (Å²) >= 11 is 6.01. The molecule has 3 heterocycles. The Hall–Kier alpha value is -2.99. The molecule has 2 atom stereocenters. The van der Waals surface area contributed by atoms with Crippen LogP contribution in [0.2, 0.25) is 5.02 Å². The van der Waals surface area contributed by atoms with Gasteiger partial charge < -0.3 is 5.32 Å². The van der Waals surface area contributed by atoms with Gasteiger partial charge in [0.2, 0.25) is 5.95 Å². The smallest absolute Gasteiger partial charge is 0.226 e. The molecular weight excluding hydrogens is 362 g/mol. The Morgan fingerprint density at radius 2 is 1.96 bits per heavy atom. The molecular formula is C20H16ClN5O. The van der Waals surface area contributed by atoms with E-state index in [0.717, 1.165) is 28.8 Å². The van der Waals surface area contributed by atoms with E-state index in [1.807, 2.05) is 36.4 Å². The Labute approximate surface area is 160 Å². The lowest BCUT2D eigenvalue weighted by atomic mass is 9.78. The second kappa shape index (κ2) is 6.32. The van der Waals surface area contributed by atoms with Crippen LogP contribution >= 0.6 is 11.6 Å². The fourth-order valence-electron chi connectivity index (χ4n) is 3.97. The largest absolute Gasteiger partial charge is 0.328 e. The van der Waals surface area contributed by atoms with Gasteiger partial charge >= 0.3 is 0 Å². The van der Waals surface area contributed by atoms with E-state index in [9.17, 15) is 4.79 Å². The Bertz CT molecular complexity index is 1040. The Balaban J connectivity index is 1.58. The summed E-state index contributed by atoms with van der Waals surface area (Å²) in [6.45, 7) is 0. The number of fused-ring (bicyclic) bond motifs is 1. The highest BCUT2D eigenvalue weighted by atomic mass is 35.5. The van der Waals surface area contributed by atoms with Crippen molar-refractivity contribution in [2.24, 2.45) is 0 Å². The molecule has 0 amide bonds. The van der Waals surface area contributed by atoms with E-state index < -0.39 is 0 Å². The van der Waals surface area contributed by atoms with Crippen LogP contribution in [0.15, 0.2) is 66.4 Å². The van der Waals surface area contributed by atoms with Crippen molar-refractivity contribution in [3.05, 3.63) is 82.5 Å². The number of Topliss-reactive ketones (excluding diaryl/α,β-unsaturated/α-hetero) is 1. The third-order valence-electron chi connectivity index (χ3n) is 5.20. The zero-order chi connectivity index (χ0) is 18.4. The van der Waals surface area contributed by atoms with Gasteiger partial charge in [-0.3, -0.25) is 9.78 Å². The topological polar surface area (TPSA) is 72.7 Å². The van der Waals surface area contributed by atoms with Crippen molar-refractivity contribution < 1.29 is 4.79 Å². The predicted molar refractivity (Wildman–Crippen MR) is 101 cm³/mol. The molecule has 1 aliphatic heterocycles. The van der Waals surface area contributed by atoms with E-state index in [-0.39, 0.29) is 17.7 Å². The van der Waals surface area contributed by atoms with Crippen molar-refractivity contribution in [3.8, 4) is 0 Å². The number of carbonyl (C=O) groups excluding carboxylic acids is 1. The molecule has 0 bridgehead atoms. The average Bonchev–Trinajstić information content (AvgIpc) is 3.15. The molecule has 27 heavy (non-hydrogen) atoms. The van der Waals surface area contributed by atoms with Gasteiger partial charge in [-0.25, -0.2) is 4.68 Å². The monoisotopic (exact) mass is 377 g/mol. The molecule has 0 spiro atoms. The number of halogens is 1. The minimum absolute atomic E-state index is 0.116. The second-order valence-electron chi connectivity index (χ2n) is 6.81. The van der Waals surface area contributed by atoms with Crippen molar-refractivity contribution in [3.63, 3.8) is 0 Å². The van der Waals surface area contributed by atoms with E-state index >= 15 is 0 Å². The number of allylic oxidation sites excluding steroid dienone is 2. The molecule has 6 nitrogen and oxygen atoms in total. The molecule has 0 saturated heterocycles. The van der Waals surface area contributed by atoms with Gasteiger partial charge in [0.15, 0.2) is 5.78 Å². The first kappa shape index (κ1) is 16.2. The Kier molecular flexibility index (Phi) is 3.79. The fourth-order valence-corrected chi connectivity index (χ4v) is 4.09. The molecule has 0 saturated carbocycles. The first-order valence-electron chi connectivity index (χ1n) is 8.79. The molecule has 134 valence electrons. The van der Waals surface area contributed by atoms with E-state index in [0.29, 0.717) is 17.4 Å². The van der Waals surface area contributed by atoms with E-state index in [2.05, 4.69) is 20.4 Å². The number of aromatic nitrogens is 4. The van der Waals surface area contributed by atoms with Gasteiger partial charge in [0.25, 0.3) is 0 Å². The lowest BCUT2D eigenvalue weighted by Crippen LogP contribution is -2.33. The minimum Gasteiger partial charge on any atom is -0.328 e. The zero-order valence-corrected chi connectivity index (χ0v) is 15.1. The van der Waals surface area contributed by atoms with Gasteiger partial charge in [-0.1, -0.05) is 29.8 Å². The molecule has 1 aromatic carbocycles. The number of ketones is 1. The van der Waals surface area contributed by atoms with Gasteiger partial charge in [-0.15, -0.1) is 0 Å². The highest BCUT2D eigenvalue weighted by Crippen LogP contribution is 2.43. The fraction of sp³-hybridized carbons (Fsp3) is 0.200. The molecule has 0 fully saturated rings. The van der Waals surface area contributed by atoms with E-state index in [4.69, 9.17) is 11.6 Å². The van der Waals surface area contributed by atoms with Crippen LogP contribution in [0.25, 0.3) is 0 Å². The summed E-state index contributed by atoms with van der Waals surface area (Å²) in [4.78, 5) is 21.7. The summed E-state index contributed by atoms with van der Waals surface area (Å²) in [6, 6.07) is 11.3. The van der Waals surface area contributed by atoms with E-state index in [1.54, 1.807) is 17.1 Å². The number of carbonyl (C=O) groups is 1. The zero-order valence-electron chi connectivity index (χ0n) is 14.3. The number of hydrogen-bond donors (Lipinski definition) is 1. The number of benzene rings is 1. The number of nitrogens with one attached hydrogen (secondary N) is 1. The lowest BCUT2D eigenvalue weighted by Gasteiger charge is -2.35. The van der Waals surface area contributed by atoms with Crippen LogP contribution < -0.4 is 5.32 Å². The van der Waals surface area contributed by atoms with Crippen LogP contribution in [0.5, 0.6) is 0 Å². The maximum atomic E-state index is 13.2. The number of hydrogen-bond acceptors (Lipinski definition) is 5. The third-order valence-corrected chi connectivity index (χ3v) is 5.46. The summed E-state index contributed by atoms with van der Waals surface area (Å²) in [5.41, 5.74) is 3.72. The number of anilines is 1. The molecule has 2 aliphatic rings. The number of pyridine rings is 1. The SMILES string of the molecule is O=C1C[C@H](c2ccc(Cl)cc2)CC2=C1[C@H](c1cccnc1)n1ncnc1N2. The predicted octanol–water partition coefficient (Wildman–Crippen LogP) is 3.74. The average molecular weight is 378 g/mol. The standard InChI is InChI=1S/C20H16ClN5O/c21-15-5-3-12(4-6-15)14-8-16-18(17(27)9-14)19(13-2-1-7-22-10-13)26-20(25-16)23-11-24-26/h1-7,10-11,14,19H,8-9H2,(H,23,24,25)/t14-,19+/m1/s1. The molecule has 0 unspecified atom stereocenters. The van der Waals surface area contributed by atoms with Crippen LogP contribution in [-0.4, -0.2) is 25.5 Å². The summed E-state index contributed by atoms with van der Waals surface area (Å²) in [5.74, 6) is 0.885. The number of nitrogens with zero attached hydrogens (tertiary/aromatic N) is 4. The van der Waals surface area contributed by atoms with Crippen molar-refractivity contribution in [2.75, 3.05) is 5.32 Å². The first-order chi connectivity index (χ1) is 13.2. The molecule has 7 heteroatoms. The Morgan fingerprint density at radius 1 is 1.11 bits per heavy atom. The second-order valence-corrected chi connectivity index (χ2v) is 7.25. The Morgan fingerprint density at radius 3 is 2.74 bits per heavy atom. The molecule has 0 radical (unpaired) electrons. The first-order valence-corrected chi connectivity index (χ1v) is 9.16. The molecule has 1 N–H and O–H groups in total. The third kappa shape index (κ3) is 2.73. The van der Waals surface area contributed by atoms with Gasteiger partial charge in [0.05, 0.1) is 0 Å². The van der Waals surface area contributed by atoms with Crippen LogP contribution in [0.4, 0.5) is 5.95 Å². The van der Waals surface area contributed by atoms with E-state index in [1.165, 1.54) is 6.33 Å². The van der Waals surface area contributed by atoms with Crippen molar-refractivity contribution in [1.29, 1.82) is 0 Å². The molecule has 2 aromatic heterocycles. The molecule has 3 aromatic rings. The number of rotatable bonds is 2. The van der Waals surface area contributed by atoms with Gasteiger partial charge in [0, 0.05) is 35.1 Å². The summed E-state index contributed by atoms with van der Waals surface area (Å²) in [6.07, 6.45) is 6.21. The molecule has 1 aliphatic carbocycles. The van der Waals surface area contributed by atoms with Gasteiger partial charge in [-0.2, -0.15) is 10.1 Å². The normalized spacial score (nSPS) is 21.4. The minimum atomic E-state index is -0.300. The highest BCUT2D eigenvalue weighted by molar-refractivity contribution is 6.30. The maximum Gasteiger partial charge on any atom is 0.226 e. The van der Waals surface area contributed by atoms with Gasteiger partial charge in [-0.05, 0) is 41.7 Å². The summed E-state index contributed by atoms with van der Waals surface area (Å²) < 4.78 is 1.76. The van der Waals surface area contributed by atoms with Crippen molar-refractivity contribution in [1.82, 2.24) is 19.7 Å². The molecule has 5 rings (SSSR count). The van der Waals surface area contributed by atoms with Crippen LogP contribution in [0, 0.1) is 0 Å². The summed E-state index contributed by atoms with van der Waals surface area (Å²) in [5, 5.41) is 8.36. The van der Waals surface area contributed by atoms with Crippen LogP contribution in [0.3, 0.4) is 0 Å². The van der Waals surface area contributed by atoms with Crippen molar-refractivity contribution in [2.45, 2.75) is 24.8 Å². The van der Waals surface area contributed by atoms with Crippen molar-refractivity contribution >= 4 is 23.3 Å². The van der Waals surface area contributed by atoms with Crippen LogP contribution in [-0.2, 0) is 4.79 Å². The summed E-state index contributed by atoms with van der Waals surface area (Å²) in [7, 11) is 0. The van der Waals surface area contributed by atoms with Crippen LogP contribution in [0.1, 0.15) is 35.9 Å². The quantitative estimate of drug-likeness (QED) is 0.736. The lowest BCUT2D eigenvalue weighted by molar-refractivity contribution is -0.116. The highest BCUT2D eigenvalue weighted by Gasteiger charge is 2.39.